The maximum absolute atomic E-state index is 2.24. The molecule has 0 spiro atoms. The summed E-state index contributed by atoms with van der Waals surface area (Å²) in [5, 5.41) is 0. The molecule has 0 N–H and O–H groups in total. The van der Waals surface area contributed by atoms with Crippen LogP contribution in [0.5, 0.6) is 0 Å². The van der Waals surface area contributed by atoms with Crippen molar-refractivity contribution < 1.29 is 0 Å². The molecule has 0 saturated carbocycles. The normalized spacial score (nSPS) is 18.1. The monoisotopic (exact) mass is 222 g/mol. The van der Waals surface area contributed by atoms with E-state index in [2.05, 4.69) is 37.3 Å². The van der Waals surface area contributed by atoms with Gasteiger partial charge in [-0.25, -0.2) is 0 Å². The lowest BCUT2D eigenvalue weighted by Crippen LogP contribution is -1.82. The summed E-state index contributed by atoms with van der Waals surface area (Å²) in [6.45, 7) is 2.24. The van der Waals surface area contributed by atoms with Crippen LogP contribution in [0.1, 0.15) is 18.9 Å². The molecule has 0 atom stereocenters. The number of thioether (sulfide) groups is 2. The highest BCUT2D eigenvalue weighted by Crippen LogP contribution is 2.38. The van der Waals surface area contributed by atoms with E-state index in [-0.39, 0.29) is 0 Å². The van der Waals surface area contributed by atoms with Gasteiger partial charge in [0.05, 0.1) is 0 Å². The van der Waals surface area contributed by atoms with Crippen LogP contribution in [0, 0.1) is 0 Å². The van der Waals surface area contributed by atoms with Crippen molar-refractivity contribution in [3.8, 4) is 0 Å². The van der Waals surface area contributed by atoms with E-state index in [1.807, 2.05) is 23.5 Å². The first kappa shape index (κ1) is 10.2. The minimum absolute atomic E-state index is 1.26. The van der Waals surface area contributed by atoms with Gasteiger partial charge >= 0.3 is 0 Å². The first-order valence-electron chi connectivity index (χ1n) is 4.90. The van der Waals surface area contributed by atoms with E-state index in [0.717, 1.165) is 0 Å². The minimum atomic E-state index is 1.26. The predicted octanol–water partition coefficient (Wildman–Crippen LogP) is 4.25. The molecule has 0 radical (unpaired) electrons. The summed E-state index contributed by atoms with van der Waals surface area (Å²) in [6.07, 6.45) is 1.32. The fourth-order valence-electron chi connectivity index (χ4n) is 1.50. The van der Waals surface area contributed by atoms with Crippen molar-refractivity contribution in [2.24, 2.45) is 0 Å². The number of rotatable bonds is 1. The second-order valence-electron chi connectivity index (χ2n) is 3.30. The molecule has 0 fully saturated rings. The number of allylic oxidation sites excluding steroid dienone is 1. The lowest BCUT2D eigenvalue weighted by Gasteiger charge is -2.07. The molecular formula is C12H14S2. The van der Waals surface area contributed by atoms with Gasteiger partial charge in [0, 0.05) is 4.91 Å². The van der Waals surface area contributed by atoms with E-state index >= 15 is 0 Å². The van der Waals surface area contributed by atoms with Crippen LogP contribution in [0.4, 0.5) is 0 Å². The van der Waals surface area contributed by atoms with Crippen LogP contribution in [-0.4, -0.2) is 11.5 Å². The van der Waals surface area contributed by atoms with Crippen molar-refractivity contribution in [3.63, 3.8) is 0 Å². The molecule has 0 bridgehead atoms. The zero-order valence-corrected chi connectivity index (χ0v) is 9.96. The highest BCUT2D eigenvalue weighted by atomic mass is 32.2. The maximum atomic E-state index is 2.24. The molecule has 0 saturated heterocycles. The maximum Gasteiger partial charge on any atom is 0.0237 e. The summed E-state index contributed by atoms with van der Waals surface area (Å²) in [5.41, 5.74) is 1.38. The molecule has 74 valence electrons. The Morgan fingerprint density at radius 1 is 1.00 bits per heavy atom. The van der Waals surface area contributed by atoms with Gasteiger partial charge in [0.1, 0.15) is 0 Å². The summed E-state index contributed by atoms with van der Waals surface area (Å²) in [7, 11) is 0. The van der Waals surface area contributed by atoms with Gasteiger partial charge in [0.25, 0.3) is 0 Å². The Balaban J connectivity index is 2.31. The highest BCUT2D eigenvalue weighted by Gasteiger charge is 2.10. The first-order chi connectivity index (χ1) is 6.88. The van der Waals surface area contributed by atoms with Gasteiger partial charge in [-0.1, -0.05) is 30.3 Å². The van der Waals surface area contributed by atoms with E-state index in [0.29, 0.717) is 0 Å². The lowest BCUT2D eigenvalue weighted by molar-refractivity contribution is 1.13. The van der Waals surface area contributed by atoms with Gasteiger partial charge in [-0.15, -0.1) is 23.5 Å². The van der Waals surface area contributed by atoms with E-state index in [9.17, 15) is 0 Å². The van der Waals surface area contributed by atoms with E-state index in [1.165, 1.54) is 33.3 Å². The van der Waals surface area contributed by atoms with Gasteiger partial charge in [-0.05, 0) is 35.3 Å². The fourth-order valence-corrected chi connectivity index (χ4v) is 3.88. The quantitative estimate of drug-likeness (QED) is 0.697. The average Bonchev–Trinajstić information content (AvgIpc) is 2.44. The van der Waals surface area contributed by atoms with Gasteiger partial charge in [-0.3, -0.25) is 0 Å². The van der Waals surface area contributed by atoms with E-state index < -0.39 is 0 Å². The van der Waals surface area contributed by atoms with Crippen LogP contribution < -0.4 is 0 Å². The summed E-state index contributed by atoms with van der Waals surface area (Å²) < 4.78 is 0. The molecule has 0 aliphatic carbocycles. The summed E-state index contributed by atoms with van der Waals surface area (Å²) >= 11 is 4.00. The van der Waals surface area contributed by atoms with E-state index in [4.69, 9.17) is 0 Å². The average molecular weight is 222 g/mol. The fraction of sp³-hybridized carbons (Fsp3) is 0.333. The van der Waals surface area contributed by atoms with E-state index in [1.54, 1.807) is 0 Å². The first-order valence-corrected chi connectivity index (χ1v) is 6.87. The Bertz CT molecular complexity index is 327. The Morgan fingerprint density at radius 2 is 1.71 bits per heavy atom. The standard InChI is InChI=1S/C12H14S2/c1-10-12(14-9-5-8-13-10)11-6-3-2-4-7-11/h2-4,6-7H,5,8-9H2,1H3. The summed E-state index contributed by atoms with van der Waals surface area (Å²) in [6, 6.07) is 10.7. The summed E-state index contributed by atoms with van der Waals surface area (Å²) in [4.78, 5) is 2.96. The van der Waals surface area contributed by atoms with Crippen molar-refractivity contribution in [2.75, 3.05) is 11.5 Å². The van der Waals surface area contributed by atoms with Crippen molar-refractivity contribution in [1.29, 1.82) is 0 Å². The summed E-state index contributed by atoms with van der Waals surface area (Å²) in [5.74, 6) is 2.53. The van der Waals surface area contributed by atoms with Crippen molar-refractivity contribution >= 4 is 28.4 Å². The Labute approximate surface area is 94.2 Å². The smallest absolute Gasteiger partial charge is 0.0237 e. The lowest BCUT2D eigenvalue weighted by atomic mass is 10.2. The Kier molecular flexibility index (Phi) is 3.60. The van der Waals surface area contributed by atoms with Crippen LogP contribution in [0.3, 0.4) is 0 Å². The van der Waals surface area contributed by atoms with Crippen LogP contribution in [0.15, 0.2) is 35.2 Å². The second-order valence-corrected chi connectivity index (χ2v) is 5.72. The third-order valence-electron chi connectivity index (χ3n) is 2.21. The largest absolute Gasteiger partial charge is 0.130 e. The molecule has 0 unspecified atom stereocenters. The molecule has 1 aliphatic rings. The van der Waals surface area contributed by atoms with Crippen molar-refractivity contribution in [3.05, 3.63) is 40.8 Å². The Morgan fingerprint density at radius 3 is 2.50 bits per heavy atom. The molecule has 1 aliphatic heterocycles. The molecule has 1 aromatic rings. The molecule has 0 aromatic heterocycles. The highest BCUT2D eigenvalue weighted by molar-refractivity contribution is 8.11. The van der Waals surface area contributed by atoms with Gasteiger partial charge in [0.2, 0.25) is 0 Å². The molecule has 1 aromatic carbocycles. The molecular weight excluding hydrogens is 208 g/mol. The number of hydrogen-bond donors (Lipinski definition) is 0. The Hall–Kier alpha value is -0.340. The minimum Gasteiger partial charge on any atom is -0.130 e. The topological polar surface area (TPSA) is 0 Å². The second kappa shape index (κ2) is 4.94. The third kappa shape index (κ3) is 2.37. The molecule has 2 rings (SSSR count). The number of benzene rings is 1. The predicted molar refractivity (Wildman–Crippen MR) is 68.6 cm³/mol. The van der Waals surface area contributed by atoms with Crippen LogP contribution in [-0.2, 0) is 0 Å². The molecule has 0 amide bonds. The SMILES string of the molecule is CC1=C(c2ccccc2)SCCCS1. The molecule has 0 nitrogen and oxygen atoms in total. The molecule has 1 heterocycles. The molecule has 14 heavy (non-hydrogen) atoms. The van der Waals surface area contributed by atoms with Gasteiger partial charge in [-0.2, -0.15) is 0 Å². The van der Waals surface area contributed by atoms with Crippen molar-refractivity contribution in [2.45, 2.75) is 13.3 Å². The van der Waals surface area contributed by atoms with Crippen LogP contribution in [0.25, 0.3) is 4.91 Å². The number of hydrogen-bond acceptors (Lipinski definition) is 2. The zero-order valence-electron chi connectivity index (χ0n) is 8.32. The van der Waals surface area contributed by atoms with Crippen molar-refractivity contribution in [1.82, 2.24) is 0 Å². The van der Waals surface area contributed by atoms with Gasteiger partial charge < -0.3 is 0 Å². The zero-order chi connectivity index (χ0) is 9.80. The van der Waals surface area contributed by atoms with Crippen LogP contribution in [0.2, 0.25) is 0 Å². The molecule has 2 heteroatoms. The van der Waals surface area contributed by atoms with Gasteiger partial charge in [0.15, 0.2) is 0 Å². The van der Waals surface area contributed by atoms with Crippen LogP contribution >= 0.6 is 23.5 Å². The third-order valence-corrected chi connectivity index (χ3v) is 4.79.